The van der Waals surface area contributed by atoms with Crippen LogP contribution in [0.5, 0.6) is 5.75 Å². The predicted octanol–water partition coefficient (Wildman–Crippen LogP) is 2.27. The number of benzene rings is 2. The first-order chi connectivity index (χ1) is 14.7. The van der Waals surface area contributed by atoms with Crippen LogP contribution in [0.1, 0.15) is 21.6 Å². The van der Waals surface area contributed by atoms with Crippen LogP contribution in [0.3, 0.4) is 0 Å². The quantitative estimate of drug-likeness (QED) is 0.262. The molecule has 1 aromatic heterocycles. The number of esters is 1. The highest BCUT2D eigenvalue weighted by Gasteiger charge is 2.18. The van der Waals surface area contributed by atoms with Gasteiger partial charge in [0, 0.05) is 12.1 Å². The van der Waals surface area contributed by atoms with E-state index >= 15 is 0 Å². The summed E-state index contributed by atoms with van der Waals surface area (Å²) in [5.74, 6) is -0.632. The van der Waals surface area contributed by atoms with Gasteiger partial charge in [-0.05, 0) is 29.8 Å². The van der Waals surface area contributed by atoms with Gasteiger partial charge in [-0.25, -0.2) is 9.59 Å². The van der Waals surface area contributed by atoms with Crippen LogP contribution in [0.25, 0.3) is 12.2 Å². The molecule has 0 fully saturated rings. The minimum atomic E-state index is -1.13. The van der Waals surface area contributed by atoms with Crippen molar-refractivity contribution in [3.8, 4) is 5.75 Å². The second kappa shape index (κ2) is 8.65. The van der Waals surface area contributed by atoms with Crippen LogP contribution < -0.4 is 16.0 Å². The van der Waals surface area contributed by atoms with E-state index in [1.54, 1.807) is 4.98 Å². The summed E-state index contributed by atoms with van der Waals surface area (Å²) in [6.07, 6.45) is 2.60. The van der Waals surface area contributed by atoms with Gasteiger partial charge in [0.05, 0.1) is 15.4 Å². The molecule has 12 heteroatoms. The Bertz CT molecular complexity index is 1320. The van der Waals surface area contributed by atoms with Crippen LogP contribution >= 0.6 is 0 Å². The summed E-state index contributed by atoms with van der Waals surface area (Å²) < 4.78 is 5.17. The summed E-state index contributed by atoms with van der Waals surface area (Å²) in [7, 11) is 0. The number of non-ortho nitro benzene ring substituents is 1. The standard InChI is InChI=1S/C19H12N4O8/c24-17-16(23(29)30)15(20-19(26)21-17)9-6-11-4-7-14(8-5-11)31-18(25)12-2-1-3-13(10-12)22(27)28/h1-10H,(H2,20,21,24,26)/b9-6+. The zero-order valence-corrected chi connectivity index (χ0v) is 15.4. The summed E-state index contributed by atoms with van der Waals surface area (Å²) in [5, 5.41) is 21.8. The lowest BCUT2D eigenvalue weighted by Gasteiger charge is -2.04. The van der Waals surface area contributed by atoms with Crippen LogP contribution in [0, 0.1) is 20.2 Å². The zero-order chi connectivity index (χ0) is 22.5. The molecule has 0 aliphatic heterocycles. The van der Waals surface area contributed by atoms with Crippen molar-refractivity contribution < 1.29 is 19.4 Å². The molecule has 0 saturated carbocycles. The van der Waals surface area contributed by atoms with E-state index in [9.17, 15) is 34.6 Å². The van der Waals surface area contributed by atoms with E-state index in [-0.39, 0.29) is 22.7 Å². The minimum Gasteiger partial charge on any atom is -0.423 e. The van der Waals surface area contributed by atoms with Gasteiger partial charge in [-0.15, -0.1) is 0 Å². The van der Waals surface area contributed by atoms with E-state index in [0.29, 0.717) is 5.56 Å². The highest BCUT2D eigenvalue weighted by Crippen LogP contribution is 2.19. The highest BCUT2D eigenvalue weighted by atomic mass is 16.6. The Morgan fingerprint density at radius 1 is 0.935 bits per heavy atom. The Labute approximate surface area is 171 Å². The number of nitrogens with zero attached hydrogens (tertiary/aromatic N) is 2. The third-order valence-electron chi connectivity index (χ3n) is 3.95. The first kappa shape index (κ1) is 20.9. The van der Waals surface area contributed by atoms with Crippen LogP contribution in [0.4, 0.5) is 11.4 Å². The van der Waals surface area contributed by atoms with E-state index < -0.39 is 32.8 Å². The van der Waals surface area contributed by atoms with Crippen LogP contribution in [0.2, 0.25) is 0 Å². The number of rotatable bonds is 6. The molecule has 0 bridgehead atoms. The molecule has 31 heavy (non-hydrogen) atoms. The number of aromatic nitrogens is 2. The third kappa shape index (κ3) is 4.95. The lowest BCUT2D eigenvalue weighted by molar-refractivity contribution is -0.386. The van der Waals surface area contributed by atoms with Gasteiger partial charge in [0.15, 0.2) is 0 Å². The summed E-state index contributed by atoms with van der Waals surface area (Å²) in [6.45, 7) is 0. The Morgan fingerprint density at radius 2 is 1.65 bits per heavy atom. The fraction of sp³-hybridized carbons (Fsp3) is 0. The van der Waals surface area contributed by atoms with Crippen LogP contribution in [-0.4, -0.2) is 25.8 Å². The van der Waals surface area contributed by atoms with Gasteiger partial charge in [-0.1, -0.05) is 24.3 Å². The molecule has 0 spiro atoms. The number of nitrogens with one attached hydrogen (secondary N) is 2. The minimum absolute atomic E-state index is 0.00346. The SMILES string of the molecule is O=C(Oc1ccc(/C=C/c2[nH]c(=O)[nH]c(=O)c2[N+](=O)[O-])cc1)c1cccc([N+](=O)[O-])c1. The second-order valence-corrected chi connectivity index (χ2v) is 6.03. The van der Waals surface area contributed by atoms with E-state index in [1.807, 2.05) is 0 Å². The van der Waals surface area contributed by atoms with Gasteiger partial charge in [0.25, 0.3) is 5.69 Å². The van der Waals surface area contributed by atoms with Crippen molar-refractivity contribution in [3.63, 3.8) is 0 Å². The molecule has 1 heterocycles. The molecule has 3 aromatic rings. The van der Waals surface area contributed by atoms with Crippen molar-refractivity contribution in [1.29, 1.82) is 0 Å². The Kier molecular flexibility index (Phi) is 5.82. The molecular formula is C19H12N4O8. The number of carbonyl (C=O) groups is 1. The van der Waals surface area contributed by atoms with Crippen LogP contribution in [0.15, 0.2) is 58.1 Å². The maximum absolute atomic E-state index is 12.2. The van der Waals surface area contributed by atoms with E-state index in [2.05, 4.69) is 4.98 Å². The van der Waals surface area contributed by atoms with Crippen molar-refractivity contribution in [2.45, 2.75) is 0 Å². The average molecular weight is 424 g/mol. The molecule has 3 rings (SSSR count). The predicted molar refractivity (Wildman–Crippen MR) is 108 cm³/mol. The summed E-state index contributed by atoms with van der Waals surface area (Å²) in [4.78, 5) is 59.4. The van der Waals surface area contributed by atoms with E-state index in [4.69, 9.17) is 4.74 Å². The summed E-state index contributed by atoms with van der Waals surface area (Å²) >= 11 is 0. The monoisotopic (exact) mass is 424 g/mol. The molecule has 2 N–H and O–H groups in total. The fourth-order valence-electron chi connectivity index (χ4n) is 2.54. The lowest BCUT2D eigenvalue weighted by atomic mass is 10.2. The average Bonchev–Trinajstić information content (AvgIpc) is 2.72. The molecule has 156 valence electrons. The van der Waals surface area contributed by atoms with Gasteiger partial charge in [0.1, 0.15) is 11.4 Å². The molecule has 0 saturated heterocycles. The van der Waals surface area contributed by atoms with Gasteiger partial charge >= 0.3 is 22.9 Å². The van der Waals surface area contributed by atoms with Crippen molar-refractivity contribution in [3.05, 3.63) is 106 Å². The Morgan fingerprint density at radius 3 is 2.29 bits per heavy atom. The Hall–Kier alpha value is -4.87. The highest BCUT2D eigenvalue weighted by molar-refractivity contribution is 5.91. The number of nitro benzene ring substituents is 1. The smallest absolute Gasteiger partial charge is 0.357 e. The molecular weight excluding hydrogens is 412 g/mol. The van der Waals surface area contributed by atoms with E-state index in [0.717, 1.165) is 6.07 Å². The first-order valence-corrected chi connectivity index (χ1v) is 8.50. The molecule has 0 unspecified atom stereocenters. The number of hydrogen-bond acceptors (Lipinski definition) is 8. The maximum atomic E-state index is 12.2. The Balaban J connectivity index is 1.77. The maximum Gasteiger partial charge on any atom is 0.357 e. The largest absolute Gasteiger partial charge is 0.423 e. The molecule has 0 radical (unpaired) electrons. The normalized spacial score (nSPS) is 10.7. The number of H-pyrrole nitrogens is 2. The number of carbonyl (C=O) groups excluding carboxylic acids is 1. The fourth-order valence-corrected chi connectivity index (χ4v) is 2.54. The van der Waals surface area contributed by atoms with Gasteiger partial charge in [0.2, 0.25) is 0 Å². The lowest BCUT2D eigenvalue weighted by Crippen LogP contribution is -2.25. The first-order valence-electron chi connectivity index (χ1n) is 8.50. The molecule has 0 atom stereocenters. The van der Waals surface area contributed by atoms with Crippen LogP contribution in [-0.2, 0) is 0 Å². The molecule has 0 aliphatic rings. The second-order valence-electron chi connectivity index (χ2n) is 6.03. The van der Waals surface area contributed by atoms with E-state index in [1.165, 1.54) is 54.6 Å². The van der Waals surface area contributed by atoms with Gasteiger partial charge in [-0.3, -0.25) is 30.0 Å². The van der Waals surface area contributed by atoms with Crippen molar-refractivity contribution in [2.75, 3.05) is 0 Å². The molecule has 0 aliphatic carbocycles. The number of aromatic amines is 2. The number of nitro groups is 2. The van der Waals surface area contributed by atoms with Gasteiger partial charge < -0.3 is 9.72 Å². The van der Waals surface area contributed by atoms with Crippen molar-refractivity contribution in [1.82, 2.24) is 9.97 Å². The summed E-state index contributed by atoms with van der Waals surface area (Å²) in [6, 6.07) is 11.0. The molecule has 0 amide bonds. The molecule has 2 aromatic carbocycles. The van der Waals surface area contributed by atoms with Crippen molar-refractivity contribution >= 4 is 29.5 Å². The zero-order valence-electron chi connectivity index (χ0n) is 15.4. The molecule has 12 nitrogen and oxygen atoms in total. The summed E-state index contributed by atoms with van der Waals surface area (Å²) in [5.41, 5.74) is -2.83. The topological polar surface area (TPSA) is 178 Å². The third-order valence-corrected chi connectivity index (χ3v) is 3.95. The van der Waals surface area contributed by atoms with Crippen molar-refractivity contribution in [2.24, 2.45) is 0 Å². The van der Waals surface area contributed by atoms with Gasteiger partial charge in [-0.2, -0.15) is 0 Å². The number of hydrogen-bond donors (Lipinski definition) is 2. The number of ether oxygens (including phenoxy) is 1.